The normalized spacial score (nSPS) is 23.4. The standard InChI is InChI=1S/C30H44N4O6/c1-19-17-38-25(39-18-19)16-33(6)28(36)26(20(2)23-14-31-24-12-8-7-11-22(23)24)32-27(35)21-10-9-13-34(15-21)29(37)40-30(3,4)5/h7-8,11-12,14,19-21,25-26,31H,9-10,13,15-18H2,1-6H3,(H,32,35). The molecule has 2 aliphatic rings. The van der Waals surface area contributed by atoms with E-state index in [2.05, 4.69) is 17.2 Å². The van der Waals surface area contributed by atoms with Gasteiger partial charge in [-0.2, -0.15) is 0 Å². The lowest BCUT2D eigenvalue weighted by Crippen LogP contribution is -2.55. The summed E-state index contributed by atoms with van der Waals surface area (Å²) in [5, 5.41) is 4.07. The molecule has 2 aliphatic heterocycles. The van der Waals surface area contributed by atoms with Gasteiger partial charge < -0.3 is 34.3 Å². The van der Waals surface area contributed by atoms with Gasteiger partial charge >= 0.3 is 6.09 Å². The van der Waals surface area contributed by atoms with Crippen LogP contribution in [0.25, 0.3) is 10.9 Å². The van der Waals surface area contributed by atoms with Crippen molar-refractivity contribution in [2.75, 3.05) is 39.9 Å². The number of fused-ring (bicyclic) bond motifs is 1. The Kier molecular flexibility index (Phi) is 9.41. The fourth-order valence-corrected chi connectivity index (χ4v) is 5.30. The monoisotopic (exact) mass is 556 g/mol. The molecule has 3 unspecified atom stereocenters. The largest absolute Gasteiger partial charge is 0.444 e. The van der Waals surface area contributed by atoms with Crippen molar-refractivity contribution >= 4 is 28.8 Å². The van der Waals surface area contributed by atoms with Crippen molar-refractivity contribution in [1.29, 1.82) is 0 Å². The molecule has 1 aromatic heterocycles. The van der Waals surface area contributed by atoms with E-state index in [9.17, 15) is 14.4 Å². The van der Waals surface area contributed by atoms with Gasteiger partial charge in [0.2, 0.25) is 11.8 Å². The van der Waals surface area contributed by atoms with Crippen LogP contribution in [0.5, 0.6) is 0 Å². The highest BCUT2D eigenvalue weighted by molar-refractivity contribution is 5.91. The Labute approximate surface area is 236 Å². The van der Waals surface area contributed by atoms with Crippen LogP contribution in [-0.4, -0.2) is 90.5 Å². The van der Waals surface area contributed by atoms with Crippen LogP contribution in [0.1, 0.15) is 58.9 Å². The molecular formula is C30H44N4O6. The maximum absolute atomic E-state index is 13.9. The highest BCUT2D eigenvalue weighted by Crippen LogP contribution is 2.29. The van der Waals surface area contributed by atoms with Crippen LogP contribution >= 0.6 is 0 Å². The van der Waals surface area contributed by atoms with Gasteiger partial charge in [0.15, 0.2) is 6.29 Å². The first-order chi connectivity index (χ1) is 18.9. The zero-order valence-electron chi connectivity index (χ0n) is 24.6. The van der Waals surface area contributed by atoms with Crippen LogP contribution in [0.2, 0.25) is 0 Å². The molecule has 0 radical (unpaired) electrons. The fourth-order valence-electron chi connectivity index (χ4n) is 5.30. The highest BCUT2D eigenvalue weighted by atomic mass is 16.7. The van der Waals surface area contributed by atoms with Crippen molar-refractivity contribution in [3.8, 4) is 0 Å². The Morgan fingerprint density at radius 1 is 1.20 bits per heavy atom. The van der Waals surface area contributed by atoms with Crippen LogP contribution in [-0.2, 0) is 23.8 Å². The summed E-state index contributed by atoms with van der Waals surface area (Å²) in [6.45, 7) is 11.7. The number of piperidine rings is 1. The van der Waals surface area contributed by atoms with Crippen molar-refractivity contribution in [1.82, 2.24) is 20.1 Å². The molecule has 10 nitrogen and oxygen atoms in total. The minimum atomic E-state index is -0.823. The Morgan fingerprint density at radius 2 is 1.90 bits per heavy atom. The van der Waals surface area contributed by atoms with E-state index >= 15 is 0 Å². The third-order valence-corrected chi connectivity index (χ3v) is 7.55. The second-order valence-electron chi connectivity index (χ2n) is 12.3. The predicted octanol–water partition coefficient (Wildman–Crippen LogP) is 3.87. The second kappa shape index (κ2) is 12.6. The molecule has 10 heteroatoms. The summed E-state index contributed by atoms with van der Waals surface area (Å²) in [7, 11) is 1.71. The highest BCUT2D eigenvalue weighted by Gasteiger charge is 2.37. The number of nitrogens with zero attached hydrogens (tertiary/aromatic N) is 2. The molecule has 2 saturated heterocycles. The summed E-state index contributed by atoms with van der Waals surface area (Å²) in [6.07, 6.45) is 2.28. The van der Waals surface area contributed by atoms with E-state index in [0.29, 0.717) is 38.5 Å². The third kappa shape index (κ3) is 7.34. The number of nitrogens with one attached hydrogen (secondary N) is 2. The van der Waals surface area contributed by atoms with Crippen LogP contribution in [0.4, 0.5) is 4.79 Å². The fraction of sp³-hybridized carbons (Fsp3) is 0.633. The molecule has 0 bridgehead atoms. The maximum Gasteiger partial charge on any atom is 0.410 e. The number of hydrogen-bond acceptors (Lipinski definition) is 6. The zero-order valence-corrected chi connectivity index (χ0v) is 24.6. The lowest BCUT2D eigenvalue weighted by atomic mass is 9.90. The first-order valence-corrected chi connectivity index (χ1v) is 14.3. The number of aromatic amines is 1. The summed E-state index contributed by atoms with van der Waals surface area (Å²) < 4.78 is 17.1. The van der Waals surface area contributed by atoms with Gasteiger partial charge in [-0.25, -0.2) is 4.79 Å². The van der Waals surface area contributed by atoms with Crippen molar-refractivity contribution in [3.63, 3.8) is 0 Å². The second-order valence-corrected chi connectivity index (χ2v) is 12.3. The average Bonchev–Trinajstić information content (AvgIpc) is 3.35. The minimum absolute atomic E-state index is 0.225. The van der Waals surface area contributed by atoms with Gasteiger partial charge in [-0.15, -0.1) is 0 Å². The third-order valence-electron chi connectivity index (χ3n) is 7.55. The van der Waals surface area contributed by atoms with E-state index < -0.39 is 29.9 Å². The molecule has 2 N–H and O–H groups in total. The molecule has 3 amide bonds. The number of likely N-dealkylation sites (N-methyl/N-ethyl adjacent to an activating group) is 1. The van der Waals surface area contributed by atoms with E-state index in [-0.39, 0.29) is 30.8 Å². The van der Waals surface area contributed by atoms with E-state index in [1.165, 1.54) is 0 Å². The molecule has 220 valence electrons. The smallest absolute Gasteiger partial charge is 0.410 e. The van der Waals surface area contributed by atoms with Crippen molar-refractivity contribution in [2.45, 2.75) is 71.3 Å². The summed E-state index contributed by atoms with van der Waals surface area (Å²) in [4.78, 5) is 46.7. The lowest BCUT2D eigenvalue weighted by Gasteiger charge is -2.36. The number of amides is 3. The van der Waals surface area contributed by atoms with Gasteiger partial charge in [0, 0.05) is 49.1 Å². The molecule has 0 aliphatic carbocycles. The van der Waals surface area contributed by atoms with E-state index in [0.717, 1.165) is 16.5 Å². The number of ether oxygens (including phenoxy) is 3. The Morgan fingerprint density at radius 3 is 2.60 bits per heavy atom. The van der Waals surface area contributed by atoms with Crippen molar-refractivity contribution < 1.29 is 28.6 Å². The van der Waals surface area contributed by atoms with Gasteiger partial charge in [-0.1, -0.05) is 32.0 Å². The summed E-state index contributed by atoms with van der Waals surface area (Å²) in [5.74, 6) is -0.929. The molecule has 3 heterocycles. The Hall–Kier alpha value is -3.11. The molecular weight excluding hydrogens is 512 g/mol. The predicted molar refractivity (Wildman–Crippen MR) is 152 cm³/mol. The number of H-pyrrole nitrogens is 1. The number of hydrogen-bond donors (Lipinski definition) is 2. The molecule has 1 aromatic carbocycles. The summed E-state index contributed by atoms with van der Waals surface area (Å²) >= 11 is 0. The number of benzene rings is 1. The van der Waals surface area contributed by atoms with Crippen molar-refractivity contribution in [3.05, 3.63) is 36.0 Å². The van der Waals surface area contributed by atoms with Crippen LogP contribution < -0.4 is 5.32 Å². The van der Waals surface area contributed by atoms with Crippen LogP contribution in [0.3, 0.4) is 0 Å². The average molecular weight is 557 g/mol. The molecule has 2 fully saturated rings. The molecule has 3 atom stereocenters. The first kappa shape index (κ1) is 29.9. The van der Waals surface area contributed by atoms with Crippen molar-refractivity contribution in [2.24, 2.45) is 11.8 Å². The number of carbonyl (C=O) groups is 3. The molecule has 2 aromatic rings. The summed E-state index contributed by atoms with van der Waals surface area (Å²) in [6, 6.07) is 7.08. The Balaban J connectivity index is 1.51. The maximum atomic E-state index is 13.9. The lowest BCUT2D eigenvalue weighted by molar-refractivity contribution is -0.204. The molecule has 0 saturated carbocycles. The number of carbonyl (C=O) groups excluding carboxylic acids is 3. The minimum Gasteiger partial charge on any atom is -0.444 e. The quantitative estimate of drug-likeness (QED) is 0.535. The SMILES string of the molecule is CC1COC(CN(C)C(=O)C(NC(=O)C2CCCN(C(=O)OC(C)(C)C)C2)C(C)c2c[nH]c3ccccc23)OC1. The number of para-hydroxylation sites is 1. The van der Waals surface area contributed by atoms with E-state index in [1.54, 1.807) is 16.8 Å². The number of rotatable bonds is 7. The van der Waals surface area contributed by atoms with Crippen LogP contribution in [0.15, 0.2) is 30.5 Å². The number of aromatic nitrogens is 1. The van der Waals surface area contributed by atoms with Gasteiger partial charge in [0.25, 0.3) is 0 Å². The molecule has 4 rings (SSSR count). The zero-order chi connectivity index (χ0) is 29.0. The van der Waals surface area contributed by atoms with Gasteiger partial charge in [0.1, 0.15) is 11.6 Å². The van der Waals surface area contributed by atoms with Crippen LogP contribution in [0, 0.1) is 11.8 Å². The molecule has 40 heavy (non-hydrogen) atoms. The Bertz CT molecular complexity index is 1180. The van der Waals surface area contributed by atoms with Gasteiger partial charge in [0.05, 0.1) is 25.7 Å². The number of likely N-dealkylation sites (tertiary alicyclic amines) is 1. The molecule has 0 spiro atoms. The van der Waals surface area contributed by atoms with E-state index in [1.807, 2.05) is 58.2 Å². The van der Waals surface area contributed by atoms with Gasteiger partial charge in [-0.3, -0.25) is 9.59 Å². The first-order valence-electron chi connectivity index (χ1n) is 14.3. The van der Waals surface area contributed by atoms with Gasteiger partial charge in [-0.05, 0) is 45.2 Å². The van der Waals surface area contributed by atoms with E-state index in [4.69, 9.17) is 14.2 Å². The topological polar surface area (TPSA) is 113 Å². The summed E-state index contributed by atoms with van der Waals surface area (Å²) in [5.41, 5.74) is 1.29.